The van der Waals surface area contributed by atoms with Crippen LogP contribution in [0.4, 0.5) is 0 Å². The zero-order valence-electron chi connectivity index (χ0n) is 9.10. The summed E-state index contributed by atoms with van der Waals surface area (Å²) in [7, 11) is -9.28. The Bertz CT molecular complexity index is 141. The van der Waals surface area contributed by atoms with Crippen LogP contribution < -0.4 is 65.3 Å². The van der Waals surface area contributed by atoms with Gasteiger partial charge in [-0.15, -0.1) is 0 Å². The Kier molecular flexibility index (Phi) is 27.8. The van der Waals surface area contributed by atoms with Crippen LogP contribution in [0, 0.1) is 0 Å². The predicted octanol–water partition coefficient (Wildman–Crippen LogP) is -7.46. The van der Waals surface area contributed by atoms with Gasteiger partial charge in [-0.05, 0) is 0 Å². The summed E-state index contributed by atoms with van der Waals surface area (Å²) in [6, 6.07) is 0. The molecule has 9 nitrogen and oxygen atoms in total. The Morgan fingerprint density at radius 2 is 0.692 bits per heavy atom. The average molecular weight is 261 g/mol. The SMILES string of the molecule is N.O=P(O)(O)O.O=P(O)(O)O.[H-].[H-].[Na+].[Na+]. The van der Waals surface area contributed by atoms with Gasteiger partial charge in [0.1, 0.15) is 0 Å². The molecule has 13 heavy (non-hydrogen) atoms. The minimum absolute atomic E-state index is 0. The second kappa shape index (κ2) is 12.3. The average Bonchev–Trinajstić information content (AvgIpc) is 1.12. The van der Waals surface area contributed by atoms with Crippen LogP contribution in [0.1, 0.15) is 2.85 Å². The molecule has 0 aliphatic carbocycles. The zero-order chi connectivity index (χ0) is 9.00. The van der Waals surface area contributed by atoms with Gasteiger partial charge < -0.3 is 38.4 Å². The van der Waals surface area contributed by atoms with Gasteiger partial charge in [0, 0.05) is 0 Å². The third-order valence-corrected chi connectivity index (χ3v) is 0. The summed E-state index contributed by atoms with van der Waals surface area (Å²) < 4.78 is 17.8. The van der Waals surface area contributed by atoms with E-state index in [2.05, 4.69) is 0 Å². The standard InChI is InChI=1S/H3N.2Na.2H3O4P.2H/c;;;2*1-5(2,3)4;;/h1H3;;;2*(H3,1,2,3,4);;/q;2*+1;;;2*-1. The molecule has 0 saturated carbocycles. The number of phosphoric acid groups is 2. The Balaban J connectivity index is -0.0000000128. The van der Waals surface area contributed by atoms with Gasteiger partial charge in [0.05, 0.1) is 0 Å². The molecule has 13 heteroatoms. The molecule has 0 heterocycles. The molecular weight excluding hydrogens is 250 g/mol. The summed E-state index contributed by atoms with van der Waals surface area (Å²) in [6.45, 7) is 0. The molecule has 9 N–H and O–H groups in total. The smallest absolute Gasteiger partial charge is 1.00 e. The molecule has 0 bridgehead atoms. The van der Waals surface area contributed by atoms with Gasteiger partial charge in [-0.2, -0.15) is 0 Å². The normalized spacial score (nSPS) is 9.08. The van der Waals surface area contributed by atoms with Crippen LogP contribution in [-0.2, 0) is 9.13 Å². The maximum Gasteiger partial charge on any atom is 1.00 e. The second-order valence-corrected chi connectivity index (χ2v) is 3.08. The van der Waals surface area contributed by atoms with Gasteiger partial charge in [0.15, 0.2) is 0 Å². The van der Waals surface area contributed by atoms with E-state index < -0.39 is 15.6 Å². The van der Waals surface area contributed by atoms with Crippen molar-refractivity contribution < 1.29 is 100 Å². The minimum atomic E-state index is -4.64. The second-order valence-electron chi connectivity index (χ2n) is 1.03. The first-order chi connectivity index (χ1) is 4.00. The van der Waals surface area contributed by atoms with Gasteiger partial charge in [-0.25, -0.2) is 9.13 Å². The van der Waals surface area contributed by atoms with Crippen molar-refractivity contribution in [1.29, 1.82) is 0 Å². The van der Waals surface area contributed by atoms with Crippen molar-refractivity contribution in [2.75, 3.05) is 0 Å². The van der Waals surface area contributed by atoms with Crippen molar-refractivity contribution in [2.24, 2.45) is 0 Å². The summed E-state index contributed by atoms with van der Waals surface area (Å²) in [5.41, 5.74) is 0. The minimum Gasteiger partial charge on any atom is -1.00 e. The van der Waals surface area contributed by atoms with E-state index in [0.717, 1.165) is 0 Å². The molecule has 0 aliphatic heterocycles. The monoisotopic (exact) mass is 261 g/mol. The van der Waals surface area contributed by atoms with Crippen molar-refractivity contribution in [1.82, 2.24) is 6.15 Å². The Labute approximate surface area is 121 Å². The molecule has 0 spiro atoms. The fourth-order valence-electron chi connectivity index (χ4n) is 0. The summed E-state index contributed by atoms with van der Waals surface area (Å²) in [6.07, 6.45) is 0. The van der Waals surface area contributed by atoms with Crippen molar-refractivity contribution in [3.8, 4) is 0 Å². The van der Waals surface area contributed by atoms with E-state index in [9.17, 15) is 0 Å². The van der Waals surface area contributed by atoms with Gasteiger partial charge in [-0.3, -0.25) is 0 Å². The topological polar surface area (TPSA) is 191 Å². The van der Waals surface area contributed by atoms with E-state index in [1.165, 1.54) is 0 Å². The summed E-state index contributed by atoms with van der Waals surface area (Å²) in [5.74, 6) is 0. The third kappa shape index (κ3) is 443. The third-order valence-electron chi connectivity index (χ3n) is 0. The van der Waals surface area contributed by atoms with Crippen LogP contribution in [0.2, 0.25) is 0 Å². The maximum absolute atomic E-state index is 8.88. The summed E-state index contributed by atoms with van der Waals surface area (Å²) in [4.78, 5) is 43.1. The molecule has 0 aromatic rings. The molecule has 0 unspecified atom stereocenters. The number of hydrogen-bond acceptors (Lipinski definition) is 3. The summed E-state index contributed by atoms with van der Waals surface area (Å²) in [5, 5.41) is 0. The van der Waals surface area contributed by atoms with E-state index in [-0.39, 0.29) is 68.1 Å². The van der Waals surface area contributed by atoms with Gasteiger partial charge in [0.2, 0.25) is 0 Å². The Morgan fingerprint density at radius 3 is 0.692 bits per heavy atom. The van der Waals surface area contributed by atoms with E-state index in [4.69, 9.17) is 38.5 Å². The van der Waals surface area contributed by atoms with Crippen molar-refractivity contribution in [3.63, 3.8) is 0 Å². The fourth-order valence-corrected chi connectivity index (χ4v) is 0. The van der Waals surface area contributed by atoms with E-state index >= 15 is 0 Å². The molecule has 76 valence electrons. The van der Waals surface area contributed by atoms with Crippen LogP contribution in [0.3, 0.4) is 0 Å². The first-order valence-electron chi connectivity index (χ1n) is 1.57. The molecule has 0 saturated heterocycles. The van der Waals surface area contributed by atoms with Crippen LogP contribution in [0.25, 0.3) is 0 Å². The molecule has 0 aromatic heterocycles. The molecule has 0 radical (unpaired) electrons. The molecule has 0 aliphatic rings. The molecule has 0 rings (SSSR count). The maximum atomic E-state index is 8.88. The largest absolute Gasteiger partial charge is 1.00 e. The zero-order valence-corrected chi connectivity index (χ0v) is 12.9. The van der Waals surface area contributed by atoms with Gasteiger partial charge in [0.25, 0.3) is 0 Å². The predicted molar refractivity (Wildman–Crippen MR) is 35.8 cm³/mol. The molecule has 0 atom stereocenters. The Hall–Kier alpha value is 2.18. The van der Waals surface area contributed by atoms with Crippen molar-refractivity contribution >= 4 is 15.6 Å². The first-order valence-corrected chi connectivity index (χ1v) is 4.70. The van der Waals surface area contributed by atoms with E-state index in [0.29, 0.717) is 0 Å². The molecule has 0 fully saturated rings. The van der Waals surface area contributed by atoms with Crippen molar-refractivity contribution in [2.45, 2.75) is 0 Å². The molecule has 0 aromatic carbocycles. The molecular formula is H11NNa2O8P2. The molecule has 0 amide bonds. The fraction of sp³-hybridized carbons (Fsp3) is 0. The van der Waals surface area contributed by atoms with Crippen LogP contribution >= 0.6 is 15.6 Å². The van der Waals surface area contributed by atoms with E-state index in [1.54, 1.807) is 0 Å². The van der Waals surface area contributed by atoms with Crippen LogP contribution in [-0.4, -0.2) is 29.4 Å². The van der Waals surface area contributed by atoms with Crippen LogP contribution in [0.5, 0.6) is 0 Å². The number of rotatable bonds is 0. The number of hydrogen-bond donors (Lipinski definition) is 7. The van der Waals surface area contributed by atoms with Gasteiger partial charge >= 0.3 is 74.8 Å². The first kappa shape index (κ1) is 29.5. The van der Waals surface area contributed by atoms with E-state index in [1.807, 2.05) is 0 Å². The quantitative estimate of drug-likeness (QED) is 0.164. The summed E-state index contributed by atoms with van der Waals surface area (Å²) >= 11 is 0. The van der Waals surface area contributed by atoms with Crippen LogP contribution in [0.15, 0.2) is 0 Å². The van der Waals surface area contributed by atoms with Gasteiger partial charge in [-0.1, -0.05) is 0 Å². The van der Waals surface area contributed by atoms with Crippen molar-refractivity contribution in [3.05, 3.63) is 0 Å². The Morgan fingerprint density at radius 1 is 0.692 bits per heavy atom.